The van der Waals surface area contributed by atoms with Gasteiger partial charge in [0.25, 0.3) is 0 Å². The molecule has 0 aliphatic carbocycles. The molecule has 0 aromatic rings. The standard InChI is InChI=1S/C3H7.3HI.V/c1-3-2;;;;/h1,3H2,2H3;3*1H;/q+1;;;;+3/p-3. The van der Waals surface area contributed by atoms with Crippen molar-refractivity contribution in [3.8, 4) is 0 Å². The van der Waals surface area contributed by atoms with E-state index in [9.17, 15) is 0 Å². The van der Waals surface area contributed by atoms with E-state index < -0.39 is 0 Å². The van der Waals surface area contributed by atoms with Crippen molar-refractivity contribution in [2.75, 3.05) is 0 Å². The molecule has 0 aliphatic rings. The molecular formula is C3H7I3V+. The molecule has 0 saturated carbocycles. The van der Waals surface area contributed by atoms with E-state index in [2.05, 4.69) is 66.9 Å². The molecule has 0 N–H and O–H groups in total. The zero-order valence-electron chi connectivity index (χ0n) is 4.00. The molecule has 0 spiro atoms. The number of rotatable bonds is 0. The van der Waals surface area contributed by atoms with Crippen LogP contribution in [-0.4, -0.2) is 0 Å². The van der Waals surface area contributed by atoms with E-state index in [1.54, 1.807) is 0 Å². The second-order valence-corrected chi connectivity index (χ2v) is 36.1. The SMILES string of the molecule is [CH2+]CC.[I][V]([I])[I]. The van der Waals surface area contributed by atoms with Crippen molar-refractivity contribution in [3.05, 3.63) is 6.92 Å². The van der Waals surface area contributed by atoms with Gasteiger partial charge in [0.05, 0.1) is 13.3 Å². The van der Waals surface area contributed by atoms with Crippen molar-refractivity contribution in [3.63, 3.8) is 0 Å². The van der Waals surface area contributed by atoms with Crippen LogP contribution in [0.3, 0.4) is 0 Å². The number of halogens is 3. The second-order valence-electron chi connectivity index (χ2n) is 0.692. The van der Waals surface area contributed by atoms with Gasteiger partial charge in [-0.2, -0.15) is 0 Å². The molecule has 0 rings (SSSR count). The minimum atomic E-state index is -0.278. The van der Waals surface area contributed by atoms with Gasteiger partial charge in [-0.25, -0.2) is 0 Å². The Morgan fingerprint density at radius 2 is 1.43 bits per heavy atom. The van der Waals surface area contributed by atoms with Crippen molar-refractivity contribution in [1.82, 2.24) is 0 Å². The van der Waals surface area contributed by atoms with E-state index in [0.717, 1.165) is 6.42 Å². The van der Waals surface area contributed by atoms with Crippen LogP contribution in [0, 0.1) is 6.92 Å². The Labute approximate surface area is 83.3 Å². The van der Waals surface area contributed by atoms with Gasteiger partial charge in [0.15, 0.2) is 0 Å². The van der Waals surface area contributed by atoms with E-state index in [1.165, 1.54) is 0 Å². The fourth-order valence-corrected chi connectivity index (χ4v) is 0. The van der Waals surface area contributed by atoms with Gasteiger partial charge in [0, 0.05) is 0 Å². The van der Waals surface area contributed by atoms with E-state index >= 15 is 0 Å². The van der Waals surface area contributed by atoms with E-state index in [4.69, 9.17) is 0 Å². The summed E-state index contributed by atoms with van der Waals surface area (Å²) in [5.74, 6) is 0. The van der Waals surface area contributed by atoms with Crippen LogP contribution in [0.4, 0.5) is 0 Å². The van der Waals surface area contributed by atoms with Crippen molar-refractivity contribution in [2.24, 2.45) is 0 Å². The Morgan fingerprint density at radius 1 is 1.43 bits per heavy atom. The summed E-state index contributed by atoms with van der Waals surface area (Å²) < 4.78 is 0. The van der Waals surface area contributed by atoms with Crippen LogP contribution in [0.15, 0.2) is 0 Å². The van der Waals surface area contributed by atoms with Gasteiger partial charge in [-0.3, -0.25) is 0 Å². The molecule has 0 atom stereocenters. The molecule has 0 aromatic heterocycles. The Morgan fingerprint density at radius 3 is 1.43 bits per heavy atom. The summed E-state index contributed by atoms with van der Waals surface area (Å²) in [6.07, 6.45) is 1.00. The number of hydrogen-bond donors (Lipinski definition) is 0. The summed E-state index contributed by atoms with van der Waals surface area (Å²) in [6, 6.07) is 0. The van der Waals surface area contributed by atoms with Crippen molar-refractivity contribution < 1.29 is 4.92 Å². The Balaban J connectivity index is 0. The van der Waals surface area contributed by atoms with Crippen LogP contribution in [0.5, 0.6) is 0 Å². The monoisotopic (exact) mass is 475 g/mol. The quantitative estimate of drug-likeness (QED) is 0.369. The zero-order chi connectivity index (χ0) is 6.28. The molecule has 0 fully saturated rings. The van der Waals surface area contributed by atoms with E-state index in [0.29, 0.717) is 0 Å². The van der Waals surface area contributed by atoms with Crippen LogP contribution in [0.25, 0.3) is 0 Å². The molecule has 0 saturated heterocycles. The van der Waals surface area contributed by atoms with Crippen LogP contribution < -0.4 is 0 Å². The summed E-state index contributed by atoms with van der Waals surface area (Å²) in [5.41, 5.74) is 0. The van der Waals surface area contributed by atoms with Gasteiger partial charge in [-0.15, -0.1) is 0 Å². The average molecular weight is 475 g/mol. The fourth-order valence-electron chi connectivity index (χ4n) is 0. The minimum absolute atomic E-state index is 0.278. The molecule has 0 nitrogen and oxygen atoms in total. The van der Waals surface area contributed by atoms with E-state index in [1.807, 2.05) is 6.92 Å². The average Bonchev–Trinajstić information content (AvgIpc) is 1.33. The van der Waals surface area contributed by atoms with Gasteiger partial charge >= 0.3 is 64.9 Å². The third-order valence-corrected chi connectivity index (χ3v) is 0. The third-order valence-electron chi connectivity index (χ3n) is 0. The van der Waals surface area contributed by atoms with Crippen molar-refractivity contribution in [2.45, 2.75) is 13.3 Å². The van der Waals surface area contributed by atoms with Crippen LogP contribution in [-0.2, 0) is 4.92 Å². The molecule has 44 valence electrons. The molecule has 0 aromatic carbocycles. The molecule has 7 heavy (non-hydrogen) atoms. The van der Waals surface area contributed by atoms with Crippen LogP contribution >= 0.6 is 59.9 Å². The Bertz CT molecular complexity index is 21.4. The first-order valence-corrected chi connectivity index (χ1v) is 15.2. The molecule has 0 amide bonds. The molecule has 0 aliphatic heterocycles. The zero-order valence-corrected chi connectivity index (χ0v) is 11.9. The van der Waals surface area contributed by atoms with Crippen molar-refractivity contribution in [1.29, 1.82) is 0 Å². The first-order valence-electron chi connectivity index (χ1n) is 1.71. The summed E-state index contributed by atoms with van der Waals surface area (Å²) in [5, 5.41) is 0. The maximum atomic E-state index is 3.49. The molecular weight excluding hydrogens is 468 g/mol. The number of hydrogen-bond acceptors (Lipinski definition) is 0. The summed E-state index contributed by atoms with van der Waals surface area (Å²) >= 11 is 7.39. The van der Waals surface area contributed by atoms with Gasteiger partial charge in [0.2, 0.25) is 0 Å². The van der Waals surface area contributed by atoms with Gasteiger partial charge in [-0.1, -0.05) is 0 Å². The van der Waals surface area contributed by atoms with E-state index in [-0.39, 0.29) is 4.92 Å². The predicted molar refractivity (Wildman–Crippen MR) is 57.7 cm³/mol. The first-order chi connectivity index (χ1) is 3.15. The Kier molecular flexibility index (Phi) is 20.2. The van der Waals surface area contributed by atoms with Crippen LogP contribution in [0.1, 0.15) is 13.3 Å². The van der Waals surface area contributed by atoms with Gasteiger partial charge in [-0.05, 0) is 6.92 Å². The summed E-state index contributed by atoms with van der Waals surface area (Å²) in [7, 11) is 0. The van der Waals surface area contributed by atoms with Crippen molar-refractivity contribution >= 4 is 59.9 Å². The summed E-state index contributed by atoms with van der Waals surface area (Å²) in [4.78, 5) is -0.278. The normalized spacial score (nSPS) is 7.57. The molecule has 0 radical (unpaired) electrons. The molecule has 0 heterocycles. The Hall–Kier alpha value is 2.64. The predicted octanol–water partition coefficient (Wildman–Crippen LogP) is 3.89. The van der Waals surface area contributed by atoms with Crippen LogP contribution in [0.2, 0.25) is 0 Å². The van der Waals surface area contributed by atoms with Gasteiger partial charge in [0.1, 0.15) is 0 Å². The molecule has 4 heteroatoms. The summed E-state index contributed by atoms with van der Waals surface area (Å²) in [6.45, 7) is 5.50. The van der Waals surface area contributed by atoms with Gasteiger partial charge < -0.3 is 0 Å². The maximum absolute atomic E-state index is 3.49. The second kappa shape index (κ2) is 11.4. The third kappa shape index (κ3) is 54.6. The molecule has 0 bridgehead atoms. The first kappa shape index (κ1) is 12.3. The fraction of sp³-hybridized carbons (Fsp3) is 0.667. The topological polar surface area (TPSA) is 0 Å². The molecule has 0 unspecified atom stereocenters.